The highest BCUT2D eigenvalue weighted by atomic mass is 19.4. The van der Waals surface area contributed by atoms with Crippen molar-refractivity contribution in [3.8, 4) is 0 Å². The number of nitro groups is 2. The SMILES string of the molecule is Cc1cc2c(c(C)c1[N+](=O)[O-])CCN2Cc1cccnc1.Cc1cc2c(ccn2Cc2ccc(C(F)(F)F)cc2)c(C)c1[N+](=O)[O-]. The lowest BCUT2D eigenvalue weighted by Gasteiger charge is -2.20. The molecule has 5 aromatic rings. The van der Waals surface area contributed by atoms with E-state index in [-0.39, 0.29) is 16.3 Å². The molecule has 0 saturated heterocycles. The number of aryl methyl sites for hydroxylation is 3. The molecule has 0 radical (unpaired) electrons. The molecule has 2 aromatic heterocycles. The molecule has 1 aliphatic rings. The largest absolute Gasteiger partial charge is 0.416 e. The molecule has 0 fully saturated rings. The summed E-state index contributed by atoms with van der Waals surface area (Å²) in [6.45, 7) is 9.13. The zero-order valence-corrected chi connectivity index (χ0v) is 25.8. The second kappa shape index (κ2) is 12.6. The summed E-state index contributed by atoms with van der Waals surface area (Å²) in [6, 6.07) is 14.5. The summed E-state index contributed by atoms with van der Waals surface area (Å²) in [5.41, 5.74) is 7.29. The average molecular weight is 632 g/mol. The Labute approximate surface area is 263 Å². The van der Waals surface area contributed by atoms with Gasteiger partial charge in [0.25, 0.3) is 11.4 Å². The van der Waals surface area contributed by atoms with Gasteiger partial charge in [-0.3, -0.25) is 25.2 Å². The van der Waals surface area contributed by atoms with Crippen molar-refractivity contribution in [2.75, 3.05) is 11.4 Å². The lowest BCUT2D eigenvalue weighted by molar-refractivity contribution is -0.386. The summed E-state index contributed by atoms with van der Waals surface area (Å²) >= 11 is 0. The zero-order chi connectivity index (χ0) is 33.3. The van der Waals surface area contributed by atoms with Crippen molar-refractivity contribution >= 4 is 28.0 Å². The molecule has 0 spiro atoms. The lowest BCUT2D eigenvalue weighted by Crippen LogP contribution is -2.19. The maximum Gasteiger partial charge on any atom is 0.416 e. The summed E-state index contributed by atoms with van der Waals surface area (Å²) in [6.07, 6.45) is 1.93. The van der Waals surface area contributed by atoms with E-state index >= 15 is 0 Å². The third-order valence-corrected chi connectivity index (χ3v) is 8.40. The average Bonchev–Trinajstić information content (AvgIpc) is 3.57. The number of nitro benzene ring substituents is 2. The number of hydrogen-bond donors (Lipinski definition) is 0. The summed E-state index contributed by atoms with van der Waals surface area (Å²) in [5, 5.41) is 23.2. The molecular formula is C34H32F3N5O4. The van der Waals surface area contributed by atoms with Gasteiger partial charge in [-0.2, -0.15) is 13.2 Å². The summed E-state index contributed by atoms with van der Waals surface area (Å²) in [7, 11) is 0. The number of aromatic nitrogens is 2. The van der Waals surface area contributed by atoms with Crippen LogP contribution in [0.3, 0.4) is 0 Å². The lowest BCUT2D eigenvalue weighted by atomic mass is 10.0. The van der Waals surface area contributed by atoms with E-state index in [2.05, 4.69) is 16.0 Å². The molecule has 0 unspecified atom stereocenters. The molecule has 6 rings (SSSR count). The fourth-order valence-corrected chi connectivity index (χ4v) is 6.19. The minimum absolute atomic E-state index is 0.0970. The zero-order valence-electron chi connectivity index (χ0n) is 25.8. The minimum atomic E-state index is -4.36. The number of nitrogens with zero attached hydrogens (tertiary/aromatic N) is 5. The van der Waals surface area contributed by atoms with Crippen LogP contribution in [0.4, 0.5) is 30.2 Å². The Morgan fingerprint density at radius 1 is 0.848 bits per heavy atom. The predicted molar refractivity (Wildman–Crippen MR) is 170 cm³/mol. The van der Waals surface area contributed by atoms with Gasteiger partial charge in [0.05, 0.1) is 15.4 Å². The summed E-state index contributed by atoms with van der Waals surface area (Å²) in [5.74, 6) is 0. The molecule has 0 amide bonds. The van der Waals surface area contributed by atoms with Gasteiger partial charge in [-0.15, -0.1) is 0 Å². The highest BCUT2D eigenvalue weighted by Crippen LogP contribution is 2.38. The smallest absolute Gasteiger partial charge is 0.367 e. The summed E-state index contributed by atoms with van der Waals surface area (Å²) in [4.78, 5) is 28.2. The Kier molecular flexibility index (Phi) is 8.82. The molecule has 0 N–H and O–H groups in total. The van der Waals surface area contributed by atoms with Gasteiger partial charge >= 0.3 is 6.18 Å². The first-order valence-corrected chi connectivity index (χ1v) is 14.6. The van der Waals surface area contributed by atoms with Crippen molar-refractivity contribution in [1.82, 2.24) is 9.55 Å². The van der Waals surface area contributed by atoms with Crippen LogP contribution >= 0.6 is 0 Å². The van der Waals surface area contributed by atoms with Gasteiger partial charge < -0.3 is 9.47 Å². The number of fused-ring (bicyclic) bond motifs is 2. The maximum absolute atomic E-state index is 12.6. The standard InChI is InChI=1S/C18H15F3N2O2.C16H17N3O2/c1-11-9-16-15(12(2)17(11)23(24)25)7-8-22(16)10-13-3-5-14(6-4-13)18(19,20)21;1-11-8-15-14(12(2)16(11)19(20)21)5-7-18(15)10-13-4-3-6-17-9-13/h3-9H,10H2,1-2H3;3-4,6,8-9H,5,7,10H2,1-2H3. The van der Waals surface area contributed by atoms with Crippen LogP contribution in [0.2, 0.25) is 0 Å². The predicted octanol–water partition coefficient (Wildman–Crippen LogP) is 8.40. The Hall–Kier alpha value is -5.26. The summed E-state index contributed by atoms with van der Waals surface area (Å²) < 4.78 is 39.8. The van der Waals surface area contributed by atoms with E-state index in [1.165, 1.54) is 12.1 Å². The molecular weight excluding hydrogens is 599 g/mol. The van der Waals surface area contributed by atoms with E-state index in [4.69, 9.17) is 0 Å². The normalized spacial score (nSPS) is 12.5. The molecule has 238 valence electrons. The van der Waals surface area contributed by atoms with Crippen LogP contribution in [-0.4, -0.2) is 25.9 Å². The minimum Gasteiger partial charge on any atom is -0.367 e. The van der Waals surface area contributed by atoms with Gasteiger partial charge in [0.15, 0.2) is 0 Å². The van der Waals surface area contributed by atoms with Gasteiger partial charge in [-0.05, 0) is 87.2 Å². The second-order valence-electron chi connectivity index (χ2n) is 11.4. The maximum atomic E-state index is 12.6. The van der Waals surface area contributed by atoms with Crippen molar-refractivity contribution in [3.63, 3.8) is 0 Å². The van der Waals surface area contributed by atoms with Crippen molar-refractivity contribution < 1.29 is 23.0 Å². The molecule has 0 saturated carbocycles. The second-order valence-corrected chi connectivity index (χ2v) is 11.4. The van der Waals surface area contributed by atoms with E-state index in [0.29, 0.717) is 17.7 Å². The number of hydrogen-bond acceptors (Lipinski definition) is 6. The fourth-order valence-electron chi connectivity index (χ4n) is 6.19. The fraction of sp³-hybridized carbons (Fsp3) is 0.265. The Morgan fingerprint density at radius 3 is 2.11 bits per heavy atom. The van der Waals surface area contributed by atoms with Crippen LogP contribution < -0.4 is 4.90 Å². The van der Waals surface area contributed by atoms with Crippen LogP contribution in [0.1, 0.15) is 44.5 Å². The number of alkyl halides is 3. The monoisotopic (exact) mass is 631 g/mol. The molecule has 3 aromatic carbocycles. The van der Waals surface area contributed by atoms with Gasteiger partial charge in [0.2, 0.25) is 0 Å². The van der Waals surface area contributed by atoms with Crippen molar-refractivity contribution in [2.45, 2.75) is 53.4 Å². The molecule has 3 heterocycles. The molecule has 0 aliphatic carbocycles. The molecule has 0 atom stereocenters. The van der Waals surface area contributed by atoms with E-state index < -0.39 is 16.7 Å². The van der Waals surface area contributed by atoms with Gasteiger partial charge in [0, 0.05) is 77.1 Å². The van der Waals surface area contributed by atoms with E-state index in [1.807, 2.05) is 36.7 Å². The van der Waals surface area contributed by atoms with Crippen molar-refractivity contribution in [1.29, 1.82) is 0 Å². The van der Waals surface area contributed by atoms with E-state index in [0.717, 1.165) is 76.1 Å². The Balaban J connectivity index is 0.000000184. The van der Waals surface area contributed by atoms with Crippen LogP contribution in [0, 0.1) is 47.9 Å². The van der Waals surface area contributed by atoms with Gasteiger partial charge in [0.1, 0.15) is 0 Å². The van der Waals surface area contributed by atoms with E-state index in [1.54, 1.807) is 38.4 Å². The van der Waals surface area contributed by atoms with E-state index in [9.17, 15) is 33.4 Å². The first kappa shape index (κ1) is 32.1. The van der Waals surface area contributed by atoms with Crippen LogP contribution in [0.25, 0.3) is 10.9 Å². The first-order valence-electron chi connectivity index (χ1n) is 14.6. The van der Waals surface area contributed by atoms with Crippen molar-refractivity contribution in [2.24, 2.45) is 0 Å². The quantitative estimate of drug-likeness (QED) is 0.138. The van der Waals surface area contributed by atoms with Gasteiger partial charge in [-0.1, -0.05) is 18.2 Å². The highest BCUT2D eigenvalue weighted by Gasteiger charge is 2.30. The number of pyridine rings is 1. The van der Waals surface area contributed by atoms with Crippen LogP contribution in [0.15, 0.2) is 73.2 Å². The topological polar surface area (TPSA) is 107 Å². The number of benzene rings is 3. The van der Waals surface area contributed by atoms with Crippen molar-refractivity contribution in [3.05, 3.63) is 138 Å². The third-order valence-electron chi connectivity index (χ3n) is 8.40. The molecule has 0 bridgehead atoms. The number of rotatable bonds is 6. The molecule has 1 aliphatic heterocycles. The first-order chi connectivity index (χ1) is 21.8. The molecule has 12 heteroatoms. The van der Waals surface area contributed by atoms with Crippen LogP contribution in [0.5, 0.6) is 0 Å². The third kappa shape index (κ3) is 6.42. The number of anilines is 1. The van der Waals surface area contributed by atoms with Crippen LogP contribution in [-0.2, 0) is 25.7 Å². The highest BCUT2D eigenvalue weighted by molar-refractivity contribution is 5.88. The Morgan fingerprint density at radius 2 is 1.50 bits per heavy atom. The molecule has 9 nitrogen and oxygen atoms in total. The van der Waals surface area contributed by atoms with Gasteiger partial charge in [-0.25, -0.2) is 0 Å². The Bertz CT molecular complexity index is 1940. The molecule has 46 heavy (non-hydrogen) atoms. The number of halogens is 3.